The van der Waals surface area contributed by atoms with Gasteiger partial charge >= 0.3 is 0 Å². The van der Waals surface area contributed by atoms with E-state index in [9.17, 15) is 4.79 Å². The highest BCUT2D eigenvalue weighted by Crippen LogP contribution is 2.13. The Morgan fingerprint density at radius 1 is 1.00 bits per heavy atom. The zero-order valence-electron chi connectivity index (χ0n) is 13.6. The number of aromatic nitrogens is 2. The number of rotatable bonds is 7. The lowest BCUT2D eigenvalue weighted by molar-refractivity contribution is 0.0942. The van der Waals surface area contributed by atoms with E-state index in [1.54, 1.807) is 30.6 Å². The molecule has 2 aromatic heterocycles. The van der Waals surface area contributed by atoms with Crippen LogP contribution in [0, 0.1) is 0 Å². The number of benzene rings is 1. The number of nitrogens with one attached hydrogen (secondary N) is 2. The molecule has 0 fully saturated rings. The van der Waals surface area contributed by atoms with E-state index in [2.05, 4.69) is 20.6 Å². The number of anilines is 2. The highest BCUT2D eigenvalue weighted by atomic mass is 16.5. The lowest BCUT2D eigenvalue weighted by Crippen LogP contribution is -2.28. The summed E-state index contributed by atoms with van der Waals surface area (Å²) in [4.78, 5) is 20.5. The van der Waals surface area contributed by atoms with Crippen LogP contribution in [0.2, 0.25) is 0 Å². The number of nitrogens with zero attached hydrogens (tertiary/aromatic N) is 2. The van der Waals surface area contributed by atoms with Gasteiger partial charge in [-0.1, -0.05) is 24.3 Å². The third-order valence-electron chi connectivity index (χ3n) is 3.32. The van der Waals surface area contributed by atoms with E-state index in [-0.39, 0.29) is 5.91 Å². The number of ether oxygens (including phenoxy) is 1. The van der Waals surface area contributed by atoms with Crippen molar-refractivity contribution in [3.63, 3.8) is 0 Å². The molecule has 126 valence electrons. The molecule has 0 saturated heterocycles. The number of carbonyl (C=O) groups excluding carboxylic acids is 1. The molecule has 0 atom stereocenters. The van der Waals surface area contributed by atoms with Gasteiger partial charge in [-0.2, -0.15) is 0 Å². The summed E-state index contributed by atoms with van der Waals surface area (Å²) in [7, 11) is 0. The standard InChI is InChI=1S/C19H18N4O2/c24-19(21-12-13-25-16-7-2-1-3-8-16)17-9-4-10-18(23-17)22-15-6-5-11-20-14-15/h1-11,14H,12-13H2,(H,21,24)(H,22,23). The van der Waals surface area contributed by atoms with Crippen molar-refractivity contribution in [3.05, 3.63) is 78.8 Å². The van der Waals surface area contributed by atoms with Gasteiger partial charge in [0.2, 0.25) is 0 Å². The third-order valence-corrected chi connectivity index (χ3v) is 3.32. The van der Waals surface area contributed by atoms with E-state index in [1.807, 2.05) is 42.5 Å². The van der Waals surface area contributed by atoms with Crippen molar-refractivity contribution in [1.29, 1.82) is 0 Å². The zero-order chi connectivity index (χ0) is 17.3. The predicted octanol–water partition coefficient (Wildman–Crippen LogP) is 3.03. The van der Waals surface area contributed by atoms with Crippen molar-refractivity contribution >= 4 is 17.4 Å². The number of para-hydroxylation sites is 1. The molecule has 25 heavy (non-hydrogen) atoms. The van der Waals surface area contributed by atoms with Gasteiger partial charge in [0.15, 0.2) is 0 Å². The number of carbonyl (C=O) groups is 1. The number of pyridine rings is 2. The second-order valence-electron chi connectivity index (χ2n) is 5.19. The molecular weight excluding hydrogens is 316 g/mol. The topological polar surface area (TPSA) is 76.1 Å². The van der Waals surface area contributed by atoms with E-state index < -0.39 is 0 Å². The summed E-state index contributed by atoms with van der Waals surface area (Å²) in [6, 6.07) is 18.4. The van der Waals surface area contributed by atoms with Crippen molar-refractivity contribution < 1.29 is 9.53 Å². The Morgan fingerprint density at radius 3 is 2.68 bits per heavy atom. The lowest BCUT2D eigenvalue weighted by Gasteiger charge is -2.09. The average molecular weight is 334 g/mol. The normalized spacial score (nSPS) is 10.1. The van der Waals surface area contributed by atoms with Gasteiger partial charge in [-0.15, -0.1) is 0 Å². The first-order valence-electron chi connectivity index (χ1n) is 7.91. The molecule has 2 N–H and O–H groups in total. The summed E-state index contributed by atoms with van der Waals surface area (Å²) in [5, 5.41) is 5.90. The molecule has 6 nitrogen and oxygen atoms in total. The fourth-order valence-electron chi connectivity index (χ4n) is 2.16. The summed E-state index contributed by atoms with van der Waals surface area (Å²) in [5.41, 5.74) is 1.15. The van der Waals surface area contributed by atoms with E-state index in [4.69, 9.17) is 4.74 Å². The minimum Gasteiger partial charge on any atom is -0.492 e. The van der Waals surface area contributed by atoms with Gasteiger partial charge in [0.1, 0.15) is 23.9 Å². The maximum absolute atomic E-state index is 12.2. The van der Waals surface area contributed by atoms with Crippen molar-refractivity contribution in [3.8, 4) is 5.75 Å². The van der Waals surface area contributed by atoms with Crippen molar-refractivity contribution in [2.75, 3.05) is 18.5 Å². The van der Waals surface area contributed by atoms with Crippen LogP contribution >= 0.6 is 0 Å². The van der Waals surface area contributed by atoms with Crippen LogP contribution in [-0.4, -0.2) is 29.0 Å². The van der Waals surface area contributed by atoms with Gasteiger partial charge in [-0.3, -0.25) is 9.78 Å². The first-order chi connectivity index (χ1) is 12.3. The van der Waals surface area contributed by atoms with Gasteiger partial charge in [0, 0.05) is 6.20 Å². The minimum atomic E-state index is -0.244. The summed E-state index contributed by atoms with van der Waals surface area (Å²) in [5.74, 6) is 1.12. The molecular formula is C19H18N4O2. The van der Waals surface area contributed by atoms with Crippen molar-refractivity contribution in [1.82, 2.24) is 15.3 Å². The van der Waals surface area contributed by atoms with Crippen LogP contribution in [0.15, 0.2) is 73.1 Å². The van der Waals surface area contributed by atoms with E-state index in [1.165, 1.54) is 0 Å². The van der Waals surface area contributed by atoms with Gasteiger partial charge in [-0.25, -0.2) is 4.98 Å². The predicted molar refractivity (Wildman–Crippen MR) is 96.0 cm³/mol. The smallest absolute Gasteiger partial charge is 0.270 e. The fraction of sp³-hybridized carbons (Fsp3) is 0.105. The Hall–Kier alpha value is -3.41. The Labute approximate surface area is 145 Å². The highest BCUT2D eigenvalue weighted by Gasteiger charge is 2.07. The molecule has 0 aliphatic rings. The molecule has 3 rings (SSSR count). The van der Waals surface area contributed by atoms with Gasteiger partial charge in [0.05, 0.1) is 18.4 Å². The van der Waals surface area contributed by atoms with E-state index in [0.29, 0.717) is 24.7 Å². The van der Waals surface area contributed by atoms with Crippen LogP contribution in [0.25, 0.3) is 0 Å². The average Bonchev–Trinajstić information content (AvgIpc) is 2.67. The minimum absolute atomic E-state index is 0.244. The van der Waals surface area contributed by atoms with Crippen LogP contribution in [0.3, 0.4) is 0 Å². The molecule has 1 amide bonds. The Kier molecular flexibility index (Phi) is 5.56. The van der Waals surface area contributed by atoms with Gasteiger partial charge in [0.25, 0.3) is 5.91 Å². The summed E-state index contributed by atoms with van der Waals surface area (Å²) < 4.78 is 5.54. The maximum Gasteiger partial charge on any atom is 0.270 e. The number of hydrogen-bond acceptors (Lipinski definition) is 5. The first-order valence-corrected chi connectivity index (χ1v) is 7.91. The monoisotopic (exact) mass is 334 g/mol. The van der Waals surface area contributed by atoms with Crippen LogP contribution in [0.4, 0.5) is 11.5 Å². The van der Waals surface area contributed by atoms with E-state index in [0.717, 1.165) is 11.4 Å². The number of hydrogen-bond donors (Lipinski definition) is 2. The second-order valence-corrected chi connectivity index (χ2v) is 5.19. The molecule has 0 bridgehead atoms. The fourth-order valence-corrected chi connectivity index (χ4v) is 2.16. The van der Waals surface area contributed by atoms with Crippen LogP contribution in [0.1, 0.15) is 10.5 Å². The van der Waals surface area contributed by atoms with Gasteiger partial charge < -0.3 is 15.4 Å². The molecule has 0 radical (unpaired) electrons. The molecule has 3 aromatic rings. The molecule has 0 unspecified atom stereocenters. The summed E-state index contributed by atoms with van der Waals surface area (Å²) in [6.45, 7) is 0.791. The highest BCUT2D eigenvalue weighted by molar-refractivity contribution is 5.92. The Morgan fingerprint density at radius 2 is 1.88 bits per heavy atom. The Bertz CT molecular complexity index is 810. The molecule has 0 spiro atoms. The molecule has 6 heteroatoms. The maximum atomic E-state index is 12.2. The molecule has 2 heterocycles. The molecule has 1 aromatic carbocycles. The second kappa shape index (κ2) is 8.44. The quantitative estimate of drug-likeness (QED) is 0.650. The zero-order valence-corrected chi connectivity index (χ0v) is 13.6. The SMILES string of the molecule is O=C(NCCOc1ccccc1)c1cccc(Nc2cccnc2)n1. The van der Waals surface area contributed by atoms with Gasteiger partial charge in [-0.05, 0) is 36.4 Å². The third kappa shape index (κ3) is 5.04. The molecule has 0 aliphatic carbocycles. The Balaban J connectivity index is 1.51. The molecule has 0 aliphatic heterocycles. The van der Waals surface area contributed by atoms with Crippen LogP contribution < -0.4 is 15.4 Å². The van der Waals surface area contributed by atoms with Crippen molar-refractivity contribution in [2.45, 2.75) is 0 Å². The molecule has 0 saturated carbocycles. The first kappa shape index (κ1) is 16.4. The summed E-state index contributed by atoms with van der Waals surface area (Å²) >= 11 is 0. The number of amides is 1. The van der Waals surface area contributed by atoms with Crippen LogP contribution in [-0.2, 0) is 0 Å². The largest absolute Gasteiger partial charge is 0.492 e. The summed E-state index contributed by atoms with van der Waals surface area (Å²) in [6.07, 6.45) is 3.38. The van der Waals surface area contributed by atoms with E-state index >= 15 is 0 Å². The van der Waals surface area contributed by atoms with Crippen LogP contribution in [0.5, 0.6) is 5.75 Å². The van der Waals surface area contributed by atoms with Crippen molar-refractivity contribution in [2.24, 2.45) is 0 Å². The lowest BCUT2D eigenvalue weighted by atomic mass is 10.3.